The maximum absolute atomic E-state index is 12.1. The van der Waals surface area contributed by atoms with Crippen molar-refractivity contribution in [1.29, 1.82) is 0 Å². The molecule has 1 amide bonds. The van der Waals surface area contributed by atoms with Crippen molar-refractivity contribution >= 4 is 12.1 Å². The van der Waals surface area contributed by atoms with Gasteiger partial charge in [0.2, 0.25) is 0 Å². The first-order valence-electron chi connectivity index (χ1n) is 8.84. The molecule has 2 rings (SSSR count). The highest BCUT2D eigenvalue weighted by molar-refractivity contribution is 5.72. The predicted octanol–water partition coefficient (Wildman–Crippen LogP) is 3.87. The molecule has 138 valence electrons. The number of benzene rings is 2. The Balaban J connectivity index is 1.87. The Kier molecular flexibility index (Phi) is 8.19. The molecule has 0 aliphatic heterocycles. The van der Waals surface area contributed by atoms with E-state index in [2.05, 4.69) is 5.32 Å². The van der Waals surface area contributed by atoms with Crippen LogP contribution < -0.4 is 5.32 Å². The molecule has 1 N–H and O–H groups in total. The number of amides is 1. The fraction of sp³-hybridized carbons (Fsp3) is 0.333. The second kappa shape index (κ2) is 10.9. The topological polar surface area (TPSA) is 64.6 Å². The minimum Gasteiger partial charge on any atom is -0.466 e. The lowest BCUT2D eigenvalue weighted by Crippen LogP contribution is -2.37. The first kappa shape index (κ1) is 19.5. The number of hydrogen-bond donors (Lipinski definition) is 1. The fourth-order valence-corrected chi connectivity index (χ4v) is 2.56. The van der Waals surface area contributed by atoms with Crippen molar-refractivity contribution in [2.75, 3.05) is 6.61 Å². The summed E-state index contributed by atoms with van der Waals surface area (Å²) in [5, 5.41) is 2.78. The minimum absolute atomic E-state index is 0.126. The largest absolute Gasteiger partial charge is 0.466 e. The van der Waals surface area contributed by atoms with Crippen molar-refractivity contribution in [2.45, 2.75) is 38.8 Å². The van der Waals surface area contributed by atoms with Gasteiger partial charge in [-0.1, -0.05) is 60.7 Å². The lowest BCUT2D eigenvalue weighted by atomic mass is 10.0. The molecular weight excluding hydrogens is 330 g/mol. The maximum Gasteiger partial charge on any atom is 0.407 e. The standard InChI is InChI=1S/C21H25NO4/c1-2-25-20(23)15-19(14-13-17-9-5-3-6-10-17)22-21(24)26-16-18-11-7-4-8-12-18/h3-12,19H,2,13-16H2,1H3,(H,22,24). The number of carbonyl (C=O) groups excluding carboxylic acids is 2. The Labute approximate surface area is 154 Å². The van der Waals surface area contributed by atoms with E-state index in [0.29, 0.717) is 13.0 Å². The fourth-order valence-electron chi connectivity index (χ4n) is 2.56. The molecule has 5 nitrogen and oxygen atoms in total. The number of carbonyl (C=O) groups is 2. The van der Waals surface area contributed by atoms with Crippen molar-refractivity contribution in [1.82, 2.24) is 5.32 Å². The van der Waals surface area contributed by atoms with Gasteiger partial charge in [0.1, 0.15) is 6.61 Å². The van der Waals surface area contributed by atoms with Crippen LogP contribution in [-0.4, -0.2) is 24.7 Å². The van der Waals surface area contributed by atoms with Crippen LogP contribution in [0.25, 0.3) is 0 Å². The summed E-state index contributed by atoms with van der Waals surface area (Å²) in [5.41, 5.74) is 2.06. The average molecular weight is 355 g/mol. The van der Waals surface area contributed by atoms with Gasteiger partial charge in [0, 0.05) is 6.04 Å². The van der Waals surface area contributed by atoms with Crippen LogP contribution in [0.1, 0.15) is 30.9 Å². The first-order valence-corrected chi connectivity index (χ1v) is 8.84. The van der Waals surface area contributed by atoms with Gasteiger partial charge in [-0.15, -0.1) is 0 Å². The third-order valence-corrected chi connectivity index (χ3v) is 3.88. The number of alkyl carbamates (subject to hydrolysis) is 1. The van der Waals surface area contributed by atoms with Gasteiger partial charge < -0.3 is 14.8 Å². The summed E-state index contributed by atoms with van der Waals surface area (Å²) < 4.78 is 10.3. The smallest absolute Gasteiger partial charge is 0.407 e. The molecule has 0 fully saturated rings. The predicted molar refractivity (Wildman–Crippen MR) is 99.6 cm³/mol. The van der Waals surface area contributed by atoms with Gasteiger partial charge in [-0.2, -0.15) is 0 Å². The van der Waals surface area contributed by atoms with Crippen LogP contribution in [0.2, 0.25) is 0 Å². The van der Waals surface area contributed by atoms with Crippen LogP contribution >= 0.6 is 0 Å². The van der Waals surface area contributed by atoms with Crippen LogP contribution in [0.15, 0.2) is 60.7 Å². The van der Waals surface area contributed by atoms with Gasteiger partial charge in [0.25, 0.3) is 0 Å². The normalized spacial score (nSPS) is 11.4. The molecule has 2 aromatic carbocycles. The summed E-state index contributed by atoms with van der Waals surface area (Å²) >= 11 is 0. The molecular formula is C21H25NO4. The molecule has 0 heterocycles. The molecule has 0 aliphatic rings. The molecule has 1 unspecified atom stereocenters. The molecule has 0 aliphatic carbocycles. The van der Waals surface area contributed by atoms with E-state index in [1.54, 1.807) is 6.92 Å². The van der Waals surface area contributed by atoms with E-state index in [9.17, 15) is 9.59 Å². The number of esters is 1. The monoisotopic (exact) mass is 355 g/mol. The van der Waals surface area contributed by atoms with Crippen LogP contribution in [0.5, 0.6) is 0 Å². The molecule has 0 saturated heterocycles. The molecule has 0 saturated carbocycles. The zero-order valence-electron chi connectivity index (χ0n) is 15.0. The number of hydrogen-bond acceptors (Lipinski definition) is 4. The molecule has 2 aromatic rings. The Hall–Kier alpha value is -2.82. The second-order valence-corrected chi connectivity index (χ2v) is 5.94. The Morgan fingerprint density at radius 1 is 0.923 bits per heavy atom. The highest BCUT2D eigenvalue weighted by Crippen LogP contribution is 2.09. The van der Waals surface area contributed by atoms with Gasteiger partial charge in [-0.25, -0.2) is 4.79 Å². The molecule has 1 atom stereocenters. The number of ether oxygens (including phenoxy) is 2. The van der Waals surface area contributed by atoms with E-state index >= 15 is 0 Å². The Morgan fingerprint density at radius 2 is 1.54 bits per heavy atom. The van der Waals surface area contributed by atoms with E-state index < -0.39 is 6.09 Å². The molecule has 26 heavy (non-hydrogen) atoms. The number of aryl methyl sites for hydroxylation is 1. The van der Waals surface area contributed by atoms with E-state index in [4.69, 9.17) is 9.47 Å². The van der Waals surface area contributed by atoms with Crippen molar-refractivity contribution in [3.8, 4) is 0 Å². The van der Waals surface area contributed by atoms with Crippen LogP contribution in [-0.2, 0) is 27.3 Å². The summed E-state index contributed by atoms with van der Waals surface area (Å²) in [6.07, 6.45) is 0.977. The van der Waals surface area contributed by atoms with E-state index in [1.165, 1.54) is 0 Å². The summed E-state index contributed by atoms with van der Waals surface area (Å²) in [5.74, 6) is -0.325. The number of rotatable bonds is 9. The van der Waals surface area contributed by atoms with Gasteiger partial charge in [0.05, 0.1) is 13.0 Å². The first-order chi connectivity index (χ1) is 12.7. The third-order valence-electron chi connectivity index (χ3n) is 3.88. The summed E-state index contributed by atoms with van der Waals surface area (Å²) in [4.78, 5) is 23.9. The second-order valence-electron chi connectivity index (χ2n) is 5.94. The van der Waals surface area contributed by atoms with Gasteiger partial charge in [-0.3, -0.25) is 4.79 Å². The molecule has 5 heteroatoms. The summed E-state index contributed by atoms with van der Waals surface area (Å²) in [6.45, 7) is 2.28. The SMILES string of the molecule is CCOC(=O)CC(CCc1ccccc1)NC(=O)OCc1ccccc1. The Bertz CT molecular complexity index is 673. The maximum atomic E-state index is 12.1. The van der Waals surface area contributed by atoms with Crippen molar-refractivity contribution < 1.29 is 19.1 Å². The zero-order valence-corrected chi connectivity index (χ0v) is 15.0. The molecule has 0 spiro atoms. The average Bonchev–Trinajstić information content (AvgIpc) is 2.66. The molecule has 0 radical (unpaired) electrons. The molecule has 0 aromatic heterocycles. The van der Waals surface area contributed by atoms with E-state index in [0.717, 1.165) is 17.5 Å². The zero-order chi connectivity index (χ0) is 18.6. The summed E-state index contributed by atoms with van der Waals surface area (Å²) in [6, 6.07) is 19.1. The lowest BCUT2D eigenvalue weighted by Gasteiger charge is -2.18. The van der Waals surface area contributed by atoms with E-state index in [1.807, 2.05) is 60.7 Å². The van der Waals surface area contributed by atoms with Crippen molar-refractivity contribution in [3.63, 3.8) is 0 Å². The minimum atomic E-state index is -0.531. The summed E-state index contributed by atoms with van der Waals surface area (Å²) in [7, 11) is 0. The Morgan fingerprint density at radius 3 is 2.15 bits per heavy atom. The van der Waals surface area contributed by atoms with Crippen molar-refractivity contribution in [2.24, 2.45) is 0 Å². The lowest BCUT2D eigenvalue weighted by molar-refractivity contribution is -0.143. The third kappa shape index (κ3) is 7.38. The van der Waals surface area contributed by atoms with Crippen molar-refractivity contribution in [3.05, 3.63) is 71.8 Å². The van der Waals surface area contributed by atoms with Gasteiger partial charge >= 0.3 is 12.1 Å². The highest BCUT2D eigenvalue weighted by atomic mass is 16.5. The van der Waals surface area contributed by atoms with Crippen LogP contribution in [0.3, 0.4) is 0 Å². The van der Waals surface area contributed by atoms with Gasteiger partial charge in [0.15, 0.2) is 0 Å². The number of nitrogens with one attached hydrogen (secondary N) is 1. The highest BCUT2D eigenvalue weighted by Gasteiger charge is 2.18. The van der Waals surface area contributed by atoms with Gasteiger partial charge in [-0.05, 0) is 30.9 Å². The van der Waals surface area contributed by atoms with Crippen LogP contribution in [0, 0.1) is 0 Å². The quantitative estimate of drug-likeness (QED) is 0.694. The van der Waals surface area contributed by atoms with Crippen LogP contribution in [0.4, 0.5) is 4.79 Å². The molecule has 0 bridgehead atoms. The van der Waals surface area contributed by atoms with E-state index in [-0.39, 0.29) is 25.0 Å².